The van der Waals surface area contributed by atoms with Gasteiger partial charge in [0.05, 0.1) is 0 Å². The molecule has 1 N–H and O–H groups in total. The van der Waals surface area contributed by atoms with Crippen molar-refractivity contribution in [2.75, 3.05) is 5.32 Å². The van der Waals surface area contributed by atoms with Crippen LogP contribution in [0.25, 0.3) is 10.8 Å². The topological polar surface area (TPSA) is 24.9 Å². The van der Waals surface area contributed by atoms with Crippen LogP contribution >= 0.6 is 11.3 Å². The molecule has 3 aromatic rings. The molecule has 3 rings (SSSR count). The maximum atomic E-state index is 4.24. The Bertz CT molecular complexity index is 740. The molecule has 0 saturated carbocycles. The third-order valence-corrected chi connectivity index (χ3v) is 4.58. The summed E-state index contributed by atoms with van der Waals surface area (Å²) >= 11 is 1.86. The van der Waals surface area contributed by atoms with Crippen LogP contribution in [0.5, 0.6) is 0 Å². The largest absolute Gasteiger partial charge is 0.378 e. The summed E-state index contributed by atoms with van der Waals surface area (Å²) in [5.74, 6) is 0. The molecule has 20 heavy (non-hydrogen) atoms. The van der Waals surface area contributed by atoms with E-state index in [4.69, 9.17) is 0 Å². The first kappa shape index (κ1) is 13.1. The molecule has 0 aliphatic heterocycles. The lowest BCUT2D eigenvalue weighted by Gasteiger charge is -2.17. The first-order valence-corrected chi connectivity index (χ1v) is 7.63. The molecule has 0 fully saturated rings. The van der Waals surface area contributed by atoms with Gasteiger partial charge in [0.2, 0.25) is 0 Å². The fourth-order valence-electron chi connectivity index (χ4n) is 2.63. The van der Waals surface area contributed by atoms with E-state index in [-0.39, 0.29) is 0 Å². The number of hydrogen-bond donors (Lipinski definition) is 1. The molecule has 102 valence electrons. The van der Waals surface area contributed by atoms with Crippen molar-refractivity contribution in [3.63, 3.8) is 0 Å². The molecule has 1 unspecified atom stereocenters. The fraction of sp³-hybridized carbons (Fsp3) is 0.235. The molecule has 2 heterocycles. The van der Waals surface area contributed by atoms with Gasteiger partial charge in [0.25, 0.3) is 0 Å². The van der Waals surface area contributed by atoms with Crippen molar-refractivity contribution < 1.29 is 0 Å². The summed E-state index contributed by atoms with van der Waals surface area (Å²) in [5, 5.41) is 6.01. The number of pyridine rings is 1. The number of aryl methyl sites for hydroxylation is 2. The summed E-state index contributed by atoms with van der Waals surface area (Å²) in [5.41, 5.74) is 2.53. The third-order valence-electron chi connectivity index (χ3n) is 3.60. The molecule has 0 aliphatic rings. The summed E-state index contributed by atoms with van der Waals surface area (Å²) in [4.78, 5) is 6.99. The van der Waals surface area contributed by atoms with Crippen molar-refractivity contribution in [1.82, 2.24) is 4.98 Å². The van der Waals surface area contributed by atoms with Gasteiger partial charge in [-0.15, -0.1) is 11.3 Å². The highest BCUT2D eigenvalue weighted by Gasteiger charge is 2.12. The van der Waals surface area contributed by atoms with Crippen LogP contribution in [0.15, 0.2) is 42.7 Å². The monoisotopic (exact) mass is 282 g/mol. The van der Waals surface area contributed by atoms with E-state index >= 15 is 0 Å². The quantitative estimate of drug-likeness (QED) is 0.724. The Morgan fingerprint density at radius 3 is 2.80 bits per heavy atom. The van der Waals surface area contributed by atoms with Crippen LogP contribution in [0.3, 0.4) is 0 Å². The number of anilines is 1. The number of rotatable bonds is 3. The Hall–Kier alpha value is -1.87. The van der Waals surface area contributed by atoms with E-state index in [1.54, 1.807) is 0 Å². The van der Waals surface area contributed by atoms with Crippen LogP contribution in [-0.4, -0.2) is 4.98 Å². The van der Waals surface area contributed by atoms with Crippen molar-refractivity contribution in [3.8, 4) is 0 Å². The normalized spacial score (nSPS) is 12.6. The lowest BCUT2D eigenvalue weighted by atomic mass is 10.1. The zero-order valence-electron chi connectivity index (χ0n) is 12.0. The predicted molar refractivity (Wildman–Crippen MR) is 87.6 cm³/mol. The Balaban J connectivity index is 1.95. The SMILES string of the molecule is Cc1cc(C(C)Nc2cccc3ccncc23)c(C)s1. The van der Waals surface area contributed by atoms with Gasteiger partial charge >= 0.3 is 0 Å². The molecular formula is C17H18N2S. The second-order valence-electron chi connectivity index (χ2n) is 5.14. The maximum Gasteiger partial charge on any atom is 0.0496 e. The highest BCUT2D eigenvalue weighted by molar-refractivity contribution is 7.12. The smallest absolute Gasteiger partial charge is 0.0496 e. The van der Waals surface area contributed by atoms with E-state index in [9.17, 15) is 0 Å². The lowest BCUT2D eigenvalue weighted by molar-refractivity contribution is 0.883. The second-order valence-corrected chi connectivity index (χ2v) is 6.60. The molecule has 0 radical (unpaired) electrons. The van der Waals surface area contributed by atoms with Gasteiger partial charge in [-0.25, -0.2) is 0 Å². The molecule has 0 amide bonds. The van der Waals surface area contributed by atoms with Crippen LogP contribution < -0.4 is 5.32 Å². The minimum absolute atomic E-state index is 0.297. The summed E-state index contributed by atoms with van der Waals surface area (Å²) < 4.78 is 0. The summed E-state index contributed by atoms with van der Waals surface area (Å²) in [6, 6.07) is 10.9. The number of thiophene rings is 1. The van der Waals surface area contributed by atoms with Gasteiger partial charge in [0.1, 0.15) is 0 Å². The average molecular weight is 282 g/mol. The van der Waals surface area contributed by atoms with E-state index < -0.39 is 0 Å². The van der Waals surface area contributed by atoms with Crippen molar-refractivity contribution in [3.05, 3.63) is 58.0 Å². The number of nitrogens with zero attached hydrogens (tertiary/aromatic N) is 1. The van der Waals surface area contributed by atoms with Crippen LogP contribution in [0.1, 0.15) is 28.3 Å². The van der Waals surface area contributed by atoms with Crippen LogP contribution in [0.2, 0.25) is 0 Å². The zero-order valence-corrected chi connectivity index (χ0v) is 12.8. The molecule has 0 bridgehead atoms. The standard InChI is InChI=1S/C17H18N2S/c1-11-9-15(13(3)20-11)12(2)19-17-6-4-5-14-7-8-18-10-16(14)17/h4-10,12,19H,1-3H3. The van der Waals surface area contributed by atoms with Crippen molar-refractivity contribution >= 4 is 27.8 Å². The third kappa shape index (κ3) is 2.41. The average Bonchev–Trinajstić information content (AvgIpc) is 2.78. The van der Waals surface area contributed by atoms with Gasteiger partial charge in [-0.1, -0.05) is 12.1 Å². The molecule has 3 heteroatoms. The highest BCUT2D eigenvalue weighted by Crippen LogP contribution is 2.30. The van der Waals surface area contributed by atoms with Gasteiger partial charge in [0, 0.05) is 39.3 Å². The van der Waals surface area contributed by atoms with E-state index in [0.29, 0.717) is 6.04 Å². The first-order chi connectivity index (χ1) is 9.65. The first-order valence-electron chi connectivity index (χ1n) is 6.81. The van der Waals surface area contributed by atoms with Gasteiger partial charge in [0.15, 0.2) is 0 Å². The molecule has 2 nitrogen and oxygen atoms in total. The van der Waals surface area contributed by atoms with Crippen LogP contribution in [0.4, 0.5) is 5.69 Å². The van der Waals surface area contributed by atoms with Crippen molar-refractivity contribution in [1.29, 1.82) is 0 Å². The molecule has 0 saturated heterocycles. The Morgan fingerprint density at radius 1 is 1.20 bits per heavy atom. The second kappa shape index (κ2) is 5.25. The molecule has 0 spiro atoms. The number of aromatic nitrogens is 1. The summed E-state index contributed by atoms with van der Waals surface area (Å²) in [6.45, 7) is 6.56. The van der Waals surface area contributed by atoms with E-state index in [0.717, 1.165) is 5.69 Å². The minimum atomic E-state index is 0.297. The van der Waals surface area contributed by atoms with Crippen molar-refractivity contribution in [2.24, 2.45) is 0 Å². The minimum Gasteiger partial charge on any atom is -0.378 e. The number of fused-ring (bicyclic) bond motifs is 1. The van der Waals surface area contributed by atoms with E-state index in [2.05, 4.69) is 55.3 Å². The van der Waals surface area contributed by atoms with Gasteiger partial charge in [-0.2, -0.15) is 0 Å². The zero-order chi connectivity index (χ0) is 14.1. The van der Waals surface area contributed by atoms with E-state index in [1.807, 2.05) is 29.8 Å². The van der Waals surface area contributed by atoms with Crippen LogP contribution in [-0.2, 0) is 0 Å². The van der Waals surface area contributed by atoms with Crippen molar-refractivity contribution in [2.45, 2.75) is 26.8 Å². The molecule has 2 aromatic heterocycles. The van der Waals surface area contributed by atoms with Gasteiger partial charge < -0.3 is 5.32 Å². The summed E-state index contributed by atoms with van der Waals surface area (Å²) in [6.07, 6.45) is 3.76. The van der Waals surface area contributed by atoms with Crippen LogP contribution in [0, 0.1) is 13.8 Å². The highest BCUT2D eigenvalue weighted by atomic mass is 32.1. The fourth-order valence-corrected chi connectivity index (χ4v) is 3.65. The summed E-state index contributed by atoms with van der Waals surface area (Å²) in [7, 11) is 0. The van der Waals surface area contributed by atoms with E-state index in [1.165, 1.54) is 26.1 Å². The van der Waals surface area contributed by atoms with Gasteiger partial charge in [-0.3, -0.25) is 4.98 Å². The molecule has 1 atom stereocenters. The molecule has 0 aliphatic carbocycles. The van der Waals surface area contributed by atoms with Gasteiger partial charge in [-0.05, 0) is 49.9 Å². The number of nitrogens with one attached hydrogen (secondary N) is 1. The number of hydrogen-bond acceptors (Lipinski definition) is 3. The maximum absolute atomic E-state index is 4.24. The Morgan fingerprint density at radius 2 is 2.05 bits per heavy atom. The molecular weight excluding hydrogens is 264 g/mol. The predicted octanol–water partition coefficient (Wildman–Crippen LogP) is 5.09. The Kier molecular flexibility index (Phi) is 3.45. The number of benzene rings is 1. The molecule has 1 aromatic carbocycles. The Labute approximate surface area is 123 Å². The lowest BCUT2D eigenvalue weighted by Crippen LogP contribution is -2.07.